The average Bonchev–Trinajstić information content (AvgIpc) is 3.17. The van der Waals surface area contributed by atoms with Crippen molar-refractivity contribution < 1.29 is 18.3 Å². The number of rotatable bonds is 6. The van der Waals surface area contributed by atoms with Gasteiger partial charge < -0.3 is 10.1 Å². The van der Waals surface area contributed by atoms with Gasteiger partial charge in [-0.25, -0.2) is 22.9 Å². The first-order valence-electron chi connectivity index (χ1n) is 8.89. The number of aromatic amines is 1. The molecule has 0 aliphatic heterocycles. The van der Waals surface area contributed by atoms with Gasteiger partial charge in [-0.2, -0.15) is 0 Å². The van der Waals surface area contributed by atoms with E-state index in [0.717, 1.165) is 5.56 Å². The highest BCUT2D eigenvalue weighted by Crippen LogP contribution is 2.23. The fourth-order valence-corrected chi connectivity index (χ4v) is 4.08. The molecule has 4 rings (SSSR count). The number of carboxylic acids is 1. The standard InChI is InChI=1S/C21H16ClN3O4S/c22-16-6-1-13(2-7-16)12-23-30(28,29)17-8-3-14(4-9-17)20-24-18-10-5-15(21(26)27)11-19(18)25-20/h1-11,23H,12H2,(H,24,25)(H,26,27). The number of nitrogens with zero attached hydrogens (tertiary/aromatic N) is 1. The molecular formula is C21H16ClN3O4S. The molecule has 30 heavy (non-hydrogen) atoms. The third-order valence-electron chi connectivity index (χ3n) is 4.55. The summed E-state index contributed by atoms with van der Waals surface area (Å²) in [6.45, 7) is 0.150. The Labute approximate surface area is 177 Å². The molecule has 0 unspecified atom stereocenters. The topological polar surface area (TPSA) is 112 Å². The average molecular weight is 442 g/mol. The summed E-state index contributed by atoms with van der Waals surface area (Å²) in [5, 5.41) is 9.69. The fourth-order valence-electron chi connectivity index (χ4n) is 2.94. The Morgan fingerprint density at radius 3 is 2.40 bits per heavy atom. The lowest BCUT2D eigenvalue weighted by Gasteiger charge is -2.07. The summed E-state index contributed by atoms with van der Waals surface area (Å²) < 4.78 is 27.7. The van der Waals surface area contributed by atoms with Gasteiger partial charge in [0.25, 0.3) is 0 Å². The Balaban J connectivity index is 1.53. The van der Waals surface area contributed by atoms with Crippen molar-refractivity contribution in [1.82, 2.24) is 14.7 Å². The van der Waals surface area contributed by atoms with Gasteiger partial charge in [-0.3, -0.25) is 0 Å². The van der Waals surface area contributed by atoms with Crippen LogP contribution in [-0.4, -0.2) is 29.5 Å². The lowest BCUT2D eigenvalue weighted by Crippen LogP contribution is -2.23. The lowest BCUT2D eigenvalue weighted by molar-refractivity contribution is 0.0697. The molecule has 0 bridgehead atoms. The van der Waals surface area contributed by atoms with E-state index in [9.17, 15) is 13.2 Å². The first kappa shape index (κ1) is 20.1. The van der Waals surface area contributed by atoms with Crippen LogP contribution in [0.3, 0.4) is 0 Å². The summed E-state index contributed by atoms with van der Waals surface area (Å²) in [5.74, 6) is -0.501. The maximum Gasteiger partial charge on any atom is 0.335 e. The van der Waals surface area contributed by atoms with E-state index in [0.29, 0.717) is 27.4 Å². The molecule has 0 aliphatic rings. The third-order valence-corrected chi connectivity index (χ3v) is 6.22. The van der Waals surface area contributed by atoms with Crippen LogP contribution in [0.25, 0.3) is 22.4 Å². The molecule has 9 heteroatoms. The Morgan fingerprint density at radius 2 is 1.73 bits per heavy atom. The second kappa shape index (κ2) is 7.91. The predicted molar refractivity (Wildman–Crippen MR) is 114 cm³/mol. The third kappa shape index (κ3) is 4.20. The van der Waals surface area contributed by atoms with E-state index in [-0.39, 0.29) is 17.0 Å². The molecule has 0 spiro atoms. The summed E-state index contributed by atoms with van der Waals surface area (Å²) in [5.41, 5.74) is 2.84. The van der Waals surface area contributed by atoms with Crippen LogP contribution >= 0.6 is 11.6 Å². The molecule has 7 nitrogen and oxygen atoms in total. The summed E-state index contributed by atoms with van der Waals surface area (Å²) in [7, 11) is -3.69. The molecule has 0 atom stereocenters. The number of carboxylic acid groups (broad SMARTS) is 1. The largest absolute Gasteiger partial charge is 0.478 e. The van der Waals surface area contributed by atoms with Crippen LogP contribution in [0.5, 0.6) is 0 Å². The van der Waals surface area contributed by atoms with Gasteiger partial charge in [0.2, 0.25) is 10.0 Å². The number of imidazole rings is 1. The van der Waals surface area contributed by atoms with Gasteiger partial charge in [-0.05, 0) is 60.2 Å². The number of fused-ring (bicyclic) bond motifs is 1. The van der Waals surface area contributed by atoms with Crippen molar-refractivity contribution in [3.8, 4) is 11.4 Å². The smallest absolute Gasteiger partial charge is 0.335 e. The Morgan fingerprint density at radius 1 is 1.03 bits per heavy atom. The molecule has 0 saturated heterocycles. The Hall–Kier alpha value is -3.20. The van der Waals surface area contributed by atoms with Crippen molar-refractivity contribution >= 4 is 38.6 Å². The van der Waals surface area contributed by atoms with Crippen molar-refractivity contribution in [2.75, 3.05) is 0 Å². The first-order valence-corrected chi connectivity index (χ1v) is 10.8. The molecule has 152 valence electrons. The number of sulfonamides is 1. The van der Waals surface area contributed by atoms with E-state index in [1.807, 2.05) is 0 Å². The minimum Gasteiger partial charge on any atom is -0.478 e. The normalized spacial score (nSPS) is 11.6. The number of H-pyrrole nitrogens is 1. The van der Waals surface area contributed by atoms with E-state index in [1.165, 1.54) is 24.3 Å². The van der Waals surface area contributed by atoms with Crippen LogP contribution in [0.15, 0.2) is 71.6 Å². The number of nitrogens with one attached hydrogen (secondary N) is 2. The van der Waals surface area contributed by atoms with Gasteiger partial charge in [0, 0.05) is 17.1 Å². The van der Waals surface area contributed by atoms with Crippen LogP contribution in [-0.2, 0) is 16.6 Å². The van der Waals surface area contributed by atoms with Crippen LogP contribution < -0.4 is 4.72 Å². The summed E-state index contributed by atoms with van der Waals surface area (Å²) in [6, 6.07) is 17.8. The monoisotopic (exact) mass is 441 g/mol. The number of benzene rings is 3. The van der Waals surface area contributed by atoms with Gasteiger partial charge >= 0.3 is 5.97 Å². The highest BCUT2D eigenvalue weighted by molar-refractivity contribution is 7.89. The van der Waals surface area contributed by atoms with Crippen molar-refractivity contribution in [3.63, 3.8) is 0 Å². The number of halogens is 1. The highest BCUT2D eigenvalue weighted by Gasteiger charge is 2.15. The number of aromatic carboxylic acids is 1. The van der Waals surface area contributed by atoms with Gasteiger partial charge in [0.1, 0.15) is 5.82 Å². The van der Waals surface area contributed by atoms with Crippen molar-refractivity contribution in [3.05, 3.63) is 82.9 Å². The van der Waals surface area contributed by atoms with E-state index in [2.05, 4.69) is 14.7 Å². The molecule has 0 aliphatic carbocycles. The number of hydrogen-bond acceptors (Lipinski definition) is 4. The van der Waals surface area contributed by atoms with Crippen LogP contribution in [0.1, 0.15) is 15.9 Å². The van der Waals surface area contributed by atoms with Gasteiger partial charge in [0.05, 0.1) is 21.5 Å². The van der Waals surface area contributed by atoms with Crippen LogP contribution in [0, 0.1) is 0 Å². The Bertz CT molecular complexity index is 1330. The maximum atomic E-state index is 12.5. The molecule has 0 saturated carbocycles. The van der Waals surface area contributed by atoms with E-state index >= 15 is 0 Å². The predicted octanol–water partition coefficient (Wildman–Crippen LogP) is 4.06. The zero-order valence-electron chi connectivity index (χ0n) is 15.5. The molecule has 4 aromatic rings. The molecule has 3 aromatic carbocycles. The van der Waals surface area contributed by atoms with Crippen molar-refractivity contribution in [2.24, 2.45) is 0 Å². The second-order valence-corrected chi connectivity index (χ2v) is 8.80. The van der Waals surface area contributed by atoms with Crippen LogP contribution in [0.2, 0.25) is 5.02 Å². The maximum absolute atomic E-state index is 12.5. The fraction of sp³-hybridized carbons (Fsp3) is 0.0476. The minimum atomic E-state index is -3.69. The molecule has 1 heterocycles. The zero-order valence-corrected chi connectivity index (χ0v) is 17.0. The van der Waals surface area contributed by atoms with Crippen LogP contribution in [0.4, 0.5) is 0 Å². The summed E-state index contributed by atoms with van der Waals surface area (Å²) in [6.07, 6.45) is 0. The molecule has 1 aromatic heterocycles. The SMILES string of the molecule is O=C(O)c1ccc2nc(-c3ccc(S(=O)(=O)NCc4ccc(Cl)cc4)cc3)[nH]c2c1. The minimum absolute atomic E-state index is 0.129. The lowest BCUT2D eigenvalue weighted by atomic mass is 10.2. The number of hydrogen-bond donors (Lipinski definition) is 3. The summed E-state index contributed by atoms with van der Waals surface area (Å²) in [4.78, 5) is 18.7. The number of carbonyl (C=O) groups is 1. The van der Waals surface area contributed by atoms with Crippen molar-refractivity contribution in [1.29, 1.82) is 0 Å². The zero-order chi connectivity index (χ0) is 21.3. The van der Waals surface area contributed by atoms with E-state index in [4.69, 9.17) is 16.7 Å². The van der Waals surface area contributed by atoms with E-state index < -0.39 is 16.0 Å². The number of aromatic nitrogens is 2. The van der Waals surface area contributed by atoms with Crippen molar-refractivity contribution in [2.45, 2.75) is 11.4 Å². The molecule has 0 amide bonds. The quantitative estimate of drug-likeness (QED) is 0.417. The molecule has 0 radical (unpaired) electrons. The van der Waals surface area contributed by atoms with Gasteiger partial charge in [-0.15, -0.1) is 0 Å². The first-order chi connectivity index (χ1) is 14.3. The molecule has 0 fully saturated rings. The Kier molecular flexibility index (Phi) is 5.29. The highest BCUT2D eigenvalue weighted by atomic mass is 35.5. The van der Waals surface area contributed by atoms with E-state index in [1.54, 1.807) is 42.5 Å². The molecular weight excluding hydrogens is 426 g/mol. The molecule has 3 N–H and O–H groups in total. The van der Waals surface area contributed by atoms with Gasteiger partial charge in [0.15, 0.2) is 0 Å². The summed E-state index contributed by atoms with van der Waals surface area (Å²) >= 11 is 5.84. The second-order valence-electron chi connectivity index (χ2n) is 6.60. The van der Waals surface area contributed by atoms with Gasteiger partial charge in [-0.1, -0.05) is 23.7 Å².